The maximum atomic E-state index is 13.1. The summed E-state index contributed by atoms with van der Waals surface area (Å²) in [5.41, 5.74) is 5.18. The summed E-state index contributed by atoms with van der Waals surface area (Å²) in [4.78, 5) is 45.4. The maximum Gasteiger partial charge on any atom is 0.490 e. The normalized spacial score (nSPS) is 14.0. The average molecular weight is 678 g/mol. The van der Waals surface area contributed by atoms with E-state index in [9.17, 15) is 35.9 Å². The van der Waals surface area contributed by atoms with Crippen LogP contribution in [0, 0.1) is 0 Å². The molecule has 1 aliphatic heterocycles. The van der Waals surface area contributed by atoms with Gasteiger partial charge in [0.15, 0.2) is 0 Å². The minimum Gasteiger partial charge on any atom is -0.475 e. The van der Waals surface area contributed by atoms with Gasteiger partial charge in [0, 0.05) is 49.5 Å². The number of alkyl halides is 6. The number of amides is 2. The molecule has 18 heteroatoms. The number of benzene rings is 2. The van der Waals surface area contributed by atoms with Crippen molar-refractivity contribution in [3.63, 3.8) is 0 Å². The number of hydrogen-bond donors (Lipinski definition) is 5. The van der Waals surface area contributed by atoms with Crippen LogP contribution in [-0.4, -0.2) is 87.3 Å². The Kier molecular flexibility index (Phi) is 13.6. The number of thioether (sulfide) groups is 1. The van der Waals surface area contributed by atoms with Crippen LogP contribution in [-0.2, 0) is 32.1 Å². The van der Waals surface area contributed by atoms with Gasteiger partial charge in [0.25, 0.3) is 0 Å². The van der Waals surface area contributed by atoms with E-state index in [2.05, 4.69) is 33.0 Å². The monoisotopic (exact) mass is 677 g/mol. The summed E-state index contributed by atoms with van der Waals surface area (Å²) in [5.74, 6) is -4.86. The molecule has 0 unspecified atom stereocenters. The topological polar surface area (TPSA) is 165 Å². The van der Waals surface area contributed by atoms with Crippen molar-refractivity contribution in [3.05, 3.63) is 66.0 Å². The van der Waals surface area contributed by atoms with Crippen LogP contribution in [0.5, 0.6) is 0 Å². The summed E-state index contributed by atoms with van der Waals surface area (Å²) in [5, 5.41) is 27.5. The van der Waals surface area contributed by atoms with Crippen molar-refractivity contribution in [3.8, 4) is 11.1 Å². The molecular formula is C28H29F6N5O6S. The van der Waals surface area contributed by atoms with Crippen molar-refractivity contribution in [2.24, 2.45) is 0 Å². The van der Waals surface area contributed by atoms with Gasteiger partial charge in [-0.3, -0.25) is 14.7 Å². The fourth-order valence-electron chi connectivity index (χ4n) is 3.66. The highest BCUT2D eigenvalue weighted by Gasteiger charge is 2.38. The first kappa shape index (κ1) is 37.6. The fourth-order valence-corrected chi connectivity index (χ4v) is 4.65. The number of carbonyl (C=O) groups excluding carboxylic acids is 2. The Hall–Kier alpha value is -4.58. The van der Waals surface area contributed by atoms with Gasteiger partial charge < -0.3 is 25.7 Å². The first-order chi connectivity index (χ1) is 21.4. The van der Waals surface area contributed by atoms with Crippen LogP contribution in [0.4, 0.5) is 32.0 Å². The number of carboxylic acid groups (broad SMARTS) is 2. The highest BCUT2D eigenvalue weighted by Crippen LogP contribution is 2.33. The van der Waals surface area contributed by atoms with E-state index in [0.717, 1.165) is 21.7 Å². The quantitative estimate of drug-likeness (QED) is 0.178. The second-order valence-electron chi connectivity index (χ2n) is 9.59. The van der Waals surface area contributed by atoms with Crippen LogP contribution in [0.25, 0.3) is 11.1 Å². The van der Waals surface area contributed by atoms with Crippen LogP contribution in [0.3, 0.4) is 0 Å². The standard InChI is InChI=1S/C24H27N5O2S.2C2HF3O2/c1-29(2)23(30)9-10-32-22-12-17(19-14-26-27-15-19)7-8-20(22)28-24(31)21-11-16-5-3-4-6-18(16)13-25-21;2*3-2(4,5)1(6)7/h3-8,12,14-15,21,25H,9-11,13H2,1-2H3,(H,26,27)(H,28,31);2*(H,6,7)/t21-;;/m1../s1. The van der Waals surface area contributed by atoms with Crippen LogP contribution >= 0.6 is 11.8 Å². The Labute approximate surface area is 262 Å². The van der Waals surface area contributed by atoms with Gasteiger partial charge in [-0.15, -0.1) is 11.8 Å². The molecule has 0 spiro atoms. The molecule has 2 amide bonds. The van der Waals surface area contributed by atoms with Gasteiger partial charge in [0.05, 0.1) is 17.9 Å². The molecule has 2 heterocycles. The van der Waals surface area contributed by atoms with Gasteiger partial charge in [-0.05, 0) is 35.2 Å². The molecule has 0 fully saturated rings. The van der Waals surface area contributed by atoms with E-state index in [1.807, 2.05) is 36.5 Å². The highest BCUT2D eigenvalue weighted by molar-refractivity contribution is 7.99. The van der Waals surface area contributed by atoms with E-state index in [4.69, 9.17) is 19.8 Å². The second-order valence-corrected chi connectivity index (χ2v) is 10.7. The van der Waals surface area contributed by atoms with Gasteiger partial charge in [0.1, 0.15) is 0 Å². The fraction of sp³-hybridized carbons (Fsp3) is 0.321. The molecule has 1 aliphatic rings. The summed E-state index contributed by atoms with van der Waals surface area (Å²) in [6.07, 6.45) is -5.47. The minimum atomic E-state index is -5.08. The molecule has 250 valence electrons. The number of anilines is 1. The van der Waals surface area contributed by atoms with E-state index < -0.39 is 24.3 Å². The molecule has 46 heavy (non-hydrogen) atoms. The predicted molar refractivity (Wildman–Crippen MR) is 155 cm³/mol. The number of nitrogens with zero attached hydrogens (tertiary/aromatic N) is 2. The number of carbonyl (C=O) groups is 4. The first-order valence-corrected chi connectivity index (χ1v) is 14.1. The molecule has 1 aromatic heterocycles. The summed E-state index contributed by atoms with van der Waals surface area (Å²) >= 11 is 1.57. The molecule has 2 aromatic carbocycles. The number of carboxylic acids is 2. The lowest BCUT2D eigenvalue weighted by Gasteiger charge is -2.25. The van der Waals surface area contributed by atoms with Gasteiger partial charge >= 0.3 is 24.3 Å². The average Bonchev–Trinajstić information content (AvgIpc) is 3.52. The first-order valence-electron chi connectivity index (χ1n) is 13.1. The van der Waals surface area contributed by atoms with Crippen LogP contribution in [0.15, 0.2) is 59.8 Å². The van der Waals surface area contributed by atoms with E-state index in [1.165, 1.54) is 11.1 Å². The number of aromatic nitrogens is 2. The molecule has 0 radical (unpaired) electrons. The Morgan fingerprint density at radius 1 is 0.957 bits per heavy atom. The molecule has 0 aliphatic carbocycles. The predicted octanol–water partition coefficient (Wildman–Crippen LogP) is 4.57. The lowest BCUT2D eigenvalue weighted by Crippen LogP contribution is -2.44. The molecule has 5 N–H and O–H groups in total. The zero-order valence-corrected chi connectivity index (χ0v) is 25.0. The summed E-state index contributed by atoms with van der Waals surface area (Å²) in [6, 6.07) is 13.9. The highest BCUT2D eigenvalue weighted by atomic mass is 32.2. The van der Waals surface area contributed by atoms with Crippen molar-refractivity contribution in [2.45, 2.75) is 42.7 Å². The number of halogens is 6. The van der Waals surface area contributed by atoms with Crippen molar-refractivity contribution in [2.75, 3.05) is 25.2 Å². The smallest absolute Gasteiger partial charge is 0.475 e. The van der Waals surface area contributed by atoms with Crippen molar-refractivity contribution in [1.82, 2.24) is 20.4 Å². The second kappa shape index (κ2) is 16.6. The Bertz CT molecular complexity index is 1470. The van der Waals surface area contributed by atoms with Crippen LogP contribution < -0.4 is 10.6 Å². The zero-order chi connectivity index (χ0) is 34.7. The number of hydrogen-bond acceptors (Lipinski definition) is 7. The third-order valence-corrected chi connectivity index (χ3v) is 7.08. The maximum absolute atomic E-state index is 13.1. The summed E-state index contributed by atoms with van der Waals surface area (Å²) in [7, 11) is 3.51. The third kappa shape index (κ3) is 12.1. The summed E-state index contributed by atoms with van der Waals surface area (Å²) in [6.45, 7) is 0.682. The van der Waals surface area contributed by atoms with E-state index in [0.29, 0.717) is 25.1 Å². The van der Waals surface area contributed by atoms with Gasteiger partial charge in [-0.1, -0.05) is 30.3 Å². The number of aliphatic carboxylic acids is 2. The molecule has 11 nitrogen and oxygen atoms in total. The zero-order valence-electron chi connectivity index (χ0n) is 24.2. The Morgan fingerprint density at radius 3 is 2.07 bits per heavy atom. The lowest BCUT2D eigenvalue weighted by molar-refractivity contribution is -0.193. The third-order valence-electron chi connectivity index (χ3n) is 6.03. The van der Waals surface area contributed by atoms with Crippen LogP contribution in [0.1, 0.15) is 17.5 Å². The molecule has 0 bridgehead atoms. The van der Waals surface area contributed by atoms with Crippen molar-refractivity contribution in [1.29, 1.82) is 0 Å². The largest absolute Gasteiger partial charge is 0.490 e. The number of aromatic amines is 1. The number of nitrogens with one attached hydrogen (secondary N) is 3. The number of rotatable bonds is 7. The van der Waals surface area contributed by atoms with Gasteiger partial charge in [0.2, 0.25) is 11.8 Å². The Balaban J connectivity index is 0.000000440. The van der Waals surface area contributed by atoms with E-state index in [-0.39, 0.29) is 17.9 Å². The molecule has 0 saturated heterocycles. The molecular weight excluding hydrogens is 648 g/mol. The SMILES string of the molecule is CN(C)C(=O)CCSc1cc(-c2cn[nH]c2)ccc1NC(=O)[C@H]1Cc2ccccc2CN1.O=C(O)C(F)(F)F.O=C(O)C(F)(F)F. The summed E-state index contributed by atoms with van der Waals surface area (Å²) < 4.78 is 63.5. The molecule has 3 aromatic rings. The van der Waals surface area contributed by atoms with Crippen molar-refractivity contribution < 1.29 is 55.7 Å². The molecule has 1 atom stereocenters. The van der Waals surface area contributed by atoms with E-state index >= 15 is 0 Å². The van der Waals surface area contributed by atoms with Crippen LogP contribution in [0.2, 0.25) is 0 Å². The van der Waals surface area contributed by atoms with Gasteiger partial charge in [-0.2, -0.15) is 31.4 Å². The van der Waals surface area contributed by atoms with E-state index in [1.54, 1.807) is 37.0 Å². The number of fused-ring (bicyclic) bond motifs is 1. The van der Waals surface area contributed by atoms with Crippen molar-refractivity contribution >= 4 is 41.2 Å². The molecule has 4 rings (SSSR count). The van der Waals surface area contributed by atoms with Gasteiger partial charge in [-0.25, -0.2) is 9.59 Å². The number of H-pyrrole nitrogens is 1. The minimum absolute atomic E-state index is 0.0539. The molecule has 0 saturated carbocycles. The Morgan fingerprint density at radius 2 is 1.54 bits per heavy atom. The lowest BCUT2D eigenvalue weighted by atomic mass is 9.95.